The fraction of sp³-hybridized carbons (Fsp3) is 0.533. The molecule has 0 aromatic heterocycles. The third kappa shape index (κ3) is 2.09. The van der Waals surface area contributed by atoms with Crippen LogP contribution in [-0.2, 0) is 4.79 Å². The predicted molar refractivity (Wildman–Crippen MR) is 76.1 cm³/mol. The lowest BCUT2D eigenvalue weighted by Gasteiger charge is -2.42. The number of carbonyl (C=O) groups is 1. The van der Waals surface area contributed by atoms with Crippen molar-refractivity contribution < 1.29 is 4.79 Å². The summed E-state index contributed by atoms with van der Waals surface area (Å²) in [7, 11) is 0. The zero-order valence-electron chi connectivity index (χ0n) is 11.7. The molecule has 3 heteroatoms. The van der Waals surface area contributed by atoms with Gasteiger partial charge in [-0.1, -0.05) is 26.0 Å². The van der Waals surface area contributed by atoms with Gasteiger partial charge in [-0.2, -0.15) is 0 Å². The van der Waals surface area contributed by atoms with Gasteiger partial charge >= 0.3 is 0 Å². The standard InChI is InChI=1S/C15H22N2O/c1-5-16-12(4)10-17(15(18)11(2)3)14-9-7-6-8-13(14)16/h6-9,11-12H,5,10H2,1-4H3. The van der Waals surface area contributed by atoms with Gasteiger partial charge in [0, 0.05) is 25.0 Å². The van der Waals surface area contributed by atoms with Crippen LogP contribution in [0.5, 0.6) is 0 Å². The molecule has 98 valence electrons. The molecule has 1 amide bonds. The maximum Gasteiger partial charge on any atom is 0.229 e. The van der Waals surface area contributed by atoms with Crippen molar-refractivity contribution in [1.29, 1.82) is 0 Å². The summed E-state index contributed by atoms with van der Waals surface area (Å²) < 4.78 is 0. The summed E-state index contributed by atoms with van der Waals surface area (Å²) in [5, 5.41) is 0. The van der Waals surface area contributed by atoms with E-state index >= 15 is 0 Å². The van der Waals surface area contributed by atoms with Crippen molar-refractivity contribution in [2.24, 2.45) is 5.92 Å². The van der Waals surface area contributed by atoms with E-state index in [-0.39, 0.29) is 11.8 Å². The maximum atomic E-state index is 12.3. The molecule has 0 spiro atoms. The van der Waals surface area contributed by atoms with Crippen LogP contribution < -0.4 is 9.80 Å². The van der Waals surface area contributed by atoms with E-state index in [1.165, 1.54) is 5.69 Å². The number of amides is 1. The first-order chi connectivity index (χ1) is 8.56. The molecule has 0 saturated heterocycles. The Labute approximate surface area is 109 Å². The molecular formula is C15H22N2O. The first-order valence-corrected chi connectivity index (χ1v) is 6.73. The summed E-state index contributed by atoms with van der Waals surface area (Å²) in [6.45, 7) is 10.0. The number of benzene rings is 1. The summed E-state index contributed by atoms with van der Waals surface area (Å²) in [4.78, 5) is 16.6. The van der Waals surface area contributed by atoms with Crippen LogP contribution in [0.4, 0.5) is 11.4 Å². The fourth-order valence-corrected chi connectivity index (χ4v) is 2.64. The van der Waals surface area contributed by atoms with Gasteiger partial charge in [0.15, 0.2) is 0 Å². The van der Waals surface area contributed by atoms with Crippen LogP contribution in [-0.4, -0.2) is 25.0 Å². The zero-order valence-corrected chi connectivity index (χ0v) is 11.7. The van der Waals surface area contributed by atoms with Crippen LogP contribution in [0.3, 0.4) is 0 Å². The number of carbonyl (C=O) groups excluding carboxylic acids is 1. The monoisotopic (exact) mass is 246 g/mol. The quantitative estimate of drug-likeness (QED) is 0.801. The Morgan fingerprint density at radius 3 is 2.50 bits per heavy atom. The van der Waals surface area contributed by atoms with Crippen molar-refractivity contribution in [2.75, 3.05) is 22.9 Å². The summed E-state index contributed by atoms with van der Waals surface area (Å²) in [6, 6.07) is 8.56. The molecule has 18 heavy (non-hydrogen) atoms. The van der Waals surface area contributed by atoms with Gasteiger partial charge < -0.3 is 9.80 Å². The lowest BCUT2D eigenvalue weighted by Crippen LogP contribution is -2.50. The van der Waals surface area contributed by atoms with Crippen molar-refractivity contribution in [3.8, 4) is 0 Å². The Balaban J connectivity index is 2.44. The van der Waals surface area contributed by atoms with Gasteiger partial charge in [0.1, 0.15) is 0 Å². The molecule has 0 fully saturated rings. The maximum absolute atomic E-state index is 12.3. The number of anilines is 2. The average molecular weight is 246 g/mol. The van der Waals surface area contributed by atoms with Crippen LogP contribution in [0.1, 0.15) is 27.7 Å². The summed E-state index contributed by atoms with van der Waals surface area (Å²) >= 11 is 0. The number of hydrogen-bond donors (Lipinski definition) is 0. The van der Waals surface area contributed by atoms with Gasteiger partial charge in [0.2, 0.25) is 5.91 Å². The molecular weight excluding hydrogens is 224 g/mol. The van der Waals surface area contributed by atoms with Crippen LogP contribution >= 0.6 is 0 Å². The van der Waals surface area contributed by atoms with E-state index < -0.39 is 0 Å². The van der Waals surface area contributed by atoms with E-state index in [1.54, 1.807) is 0 Å². The van der Waals surface area contributed by atoms with E-state index in [1.807, 2.05) is 36.9 Å². The Kier molecular flexibility index (Phi) is 3.60. The van der Waals surface area contributed by atoms with Crippen LogP contribution in [0.2, 0.25) is 0 Å². The highest BCUT2D eigenvalue weighted by Gasteiger charge is 2.31. The second-order valence-electron chi connectivity index (χ2n) is 5.23. The number of fused-ring (bicyclic) bond motifs is 1. The van der Waals surface area contributed by atoms with E-state index in [0.717, 1.165) is 18.8 Å². The number of para-hydroxylation sites is 2. The van der Waals surface area contributed by atoms with Gasteiger partial charge in [-0.15, -0.1) is 0 Å². The Morgan fingerprint density at radius 2 is 1.94 bits per heavy atom. The molecule has 0 radical (unpaired) electrons. The van der Waals surface area contributed by atoms with Crippen molar-refractivity contribution in [3.63, 3.8) is 0 Å². The smallest absolute Gasteiger partial charge is 0.229 e. The molecule has 1 unspecified atom stereocenters. The minimum Gasteiger partial charge on any atom is -0.366 e. The highest BCUT2D eigenvalue weighted by atomic mass is 16.2. The SMILES string of the molecule is CCN1c2ccccc2N(C(=O)C(C)C)CC1C. The fourth-order valence-electron chi connectivity index (χ4n) is 2.64. The first kappa shape index (κ1) is 12.9. The lowest BCUT2D eigenvalue weighted by atomic mass is 10.1. The van der Waals surface area contributed by atoms with Crippen LogP contribution in [0, 0.1) is 5.92 Å². The molecule has 0 saturated carbocycles. The third-order valence-corrected chi connectivity index (χ3v) is 3.56. The minimum atomic E-state index is 0.0402. The molecule has 1 aliphatic heterocycles. The van der Waals surface area contributed by atoms with Crippen molar-refractivity contribution in [3.05, 3.63) is 24.3 Å². The van der Waals surface area contributed by atoms with Crippen molar-refractivity contribution in [2.45, 2.75) is 33.7 Å². The molecule has 2 rings (SSSR count). The predicted octanol–water partition coefficient (Wildman–Crippen LogP) is 2.90. The third-order valence-electron chi connectivity index (χ3n) is 3.56. The molecule has 3 nitrogen and oxygen atoms in total. The number of nitrogens with zero attached hydrogens (tertiary/aromatic N) is 2. The summed E-state index contributed by atoms with van der Waals surface area (Å²) in [5.41, 5.74) is 2.23. The highest BCUT2D eigenvalue weighted by molar-refractivity contribution is 5.99. The second-order valence-corrected chi connectivity index (χ2v) is 5.23. The molecule has 1 aromatic carbocycles. The van der Waals surface area contributed by atoms with Gasteiger partial charge in [-0.3, -0.25) is 4.79 Å². The summed E-state index contributed by atoms with van der Waals surface area (Å²) in [6.07, 6.45) is 0. The normalized spacial score (nSPS) is 19.1. The summed E-state index contributed by atoms with van der Waals surface area (Å²) in [5.74, 6) is 0.253. The van der Waals surface area contributed by atoms with E-state index in [0.29, 0.717) is 6.04 Å². The van der Waals surface area contributed by atoms with Gasteiger partial charge in [-0.25, -0.2) is 0 Å². The largest absolute Gasteiger partial charge is 0.366 e. The topological polar surface area (TPSA) is 23.6 Å². The number of likely N-dealkylation sites (N-methyl/N-ethyl adjacent to an activating group) is 1. The minimum absolute atomic E-state index is 0.0402. The van der Waals surface area contributed by atoms with Gasteiger partial charge in [-0.05, 0) is 26.0 Å². The lowest BCUT2D eigenvalue weighted by molar-refractivity contribution is -0.121. The van der Waals surface area contributed by atoms with Gasteiger partial charge in [0.25, 0.3) is 0 Å². The molecule has 1 aromatic rings. The molecule has 1 aliphatic rings. The highest BCUT2D eigenvalue weighted by Crippen LogP contribution is 2.35. The van der Waals surface area contributed by atoms with E-state index in [9.17, 15) is 4.79 Å². The number of hydrogen-bond acceptors (Lipinski definition) is 2. The van der Waals surface area contributed by atoms with Gasteiger partial charge in [0.05, 0.1) is 11.4 Å². The van der Waals surface area contributed by atoms with Crippen molar-refractivity contribution >= 4 is 17.3 Å². The molecule has 1 atom stereocenters. The van der Waals surface area contributed by atoms with Crippen molar-refractivity contribution in [1.82, 2.24) is 0 Å². The zero-order chi connectivity index (χ0) is 13.3. The van der Waals surface area contributed by atoms with E-state index in [4.69, 9.17) is 0 Å². The molecule has 1 heterocycles. The second kappa shape index (κ2) is 5.01. The molecule has 0 bridgehead atoms. The Hall–Kier alpha value is -1.51. The van der Waals surface area contributed by atoms with Crippen LogP contribution in [0.15, 0.2) is 24.3 Å². The average Bonchev–Trinajstić information content (AvgIpc) is 2.37. The molecule has 0 N–H and O–H groups in total. The number of rotatable bonds is 2. The molecule has 0 aliphatic carbocycles. The van der Waals surface area contributed by atoms with Crippen LogP contribution in [0.25, 0.3) is 0 Å². The Bertz CT molecular complexity index is 442. The van der Waals surface area contributed by atoms with E-state index in [2.05, 4.69) is 24.8 Å². The first-order valence-electron chi connectivity index (χ1n) is 6.73. The Morgan fingerprint density at radius 1 is 1.33 bits per heavy atom.